The van der Waals surface area contributed by atoms with Gasteiger partial charge in [-0.2, -0.15) is 5.10 Å². The molecule has 0 bridgehead atoms. The fourth-order valence-electron chi connectivity index (χ4n) is 3.70. The first kappa shape index (κ1) is 18.7. The van der Waals surface area contributed by atoms with E-state index in [4.69, 9.17) is 9.47 Å². The molecule has 1 saturated heterocycles. The molecule has 1 aliphatic heterocycles. The van der Waals surface area contributed by atoms with E-state index < -0.39 is 17.2 Å². The molecule has 146 valence electrons. The molecule has 0 amide bonds. The van der Waals surface area contributed by atoms with Crippen LogP contribution in [0.5, 0.6) is 0 Å². The van der Waals surface area contributed by atoms with Gasteiger partial charge in [-0.25, -0.2) is 18.4 Å². The van der Waals surface area contributed by atoms with Crippen molar-refractivity contribution >= 4 is 0 Å². The highest BCUT2D eigenvalue weighted by Crippen LogP contribution is 2.41. The number of hydrogen-bond donors (Lipinski definition) is 0. The van der Waals surface area contributed by atoms with E-state index in [0.29, 0.717) is 38.3 Å². The fourth-order valence-corrected chi connectivity index (χ4v) is 3.70. The van der Waals surface area contributed by atoms with Crippen LogP contribution in [0.2, 0.25) is 0 Å². The van der Waals surface area contributed by atoms with Crippen LogP contribution >= 0.6 is 0 Å². The highest BCUT2D eigenvalue weighted by molar-refractivity contribution is 5.26. The predicted molar refractivity (Wildman–Crippen MR) is 98.2 cm³/mol. The Morgan fingerprint density at radius 2 is 2.04 bits per heavy atom. The highest BCUT2D eigenvalue weighted by Gasteiger charge is 2.44. The van der Waals surface area contributed by atoms with Crippen LogP contribution < -0.4 is 0 Å². The molecular weight excluding hydrogens is 364 g/mol. The number of halogens is 2. The maximum Gasteiger partial charge on any atom is 0.137 e. The molecule has 7 heteroatoms. The largest absolute Gasteiger partial charge is 0.376 e. The van der Waals surface area contributed by atoms with E-state index in [9.17, 15) is 8.78 Å². The molecule has 1 aromatic heterocycles. The number of aromatic nitrogens is 3. The van der Waals surface area contributed by atoms with E-state index in [1.807, 2.05) is 30.3 Å². The Labute approximate surface area is 161 Å². The van der Waals surface area contributed by atoms with Crippen LogP contribution in [0.3, 0.4) is 0 Å². The van der Waals surface area contributed by atoms with Crippen LogP contribution in [-0.2, 0) is 28.2 Å². The first-order valence-corrected chi connectivity index (χ1v) is 9.18. The Kier molecular flexibility index (Phi) is 5.45. The summed E-state index contributed by atoms with van der Waals surface area (Å²) in [5.74, 6) is -1.14. The van der Waals surface area contributed by atoms with Gasteiger partial charge in [0.2, 0.25) is 0 Å². The van der Waals surface area contributed by atoms with Crippen LogP contribution in [0.4, 0.5) is 8.78 Å². The van der Waals surface area contributed by atoms with Gasteiger partial charge in [0, 0.05) is 17.5 Å². The van der Waals surface area contributed by atoms with Crippen molar-refractivity contribution in [2.45, 2.75) is 25.2 Å². The Morgan fingerprint density at radius 1 is 1.18 bits per heavy atom. The topological polar surface area (TPSA) is 49.2 Å². The molecule has 2 heterocycles. The molecule has 1 aliphatic rings. The van der Waals surface area contributed by atoms with Crippen LogP contribution in [0.1, 0.15) is 17.5 Å². The first-order valence-electron chi connectivity index (χ1n) is 9.18. The van der Waals surface area contributed by atoms with Gasteiger partial charge in [0.15, 0.2) is 0 Å². The quantitative estimate of drug-likeness (QED) is 0.622. The molecule has 0 N–H and O–H groups in total. The summed E-state index contributed by atoms with van der Waals surface area (Å²) in [5.41, 5.74) is 0.488. The SMILES string of the molecule is Fc1ccc([C@]2(Cn3cncn3)C[C@@H](COCc3ccccc3)CO2)c(F)c1. The minimum atomic E-state index is -0.938. The Bertz CT molecular complexity index is 905. The first-order chi connectivity index (χ1) is 13.6. The lowest BCUT2D eigenvalue weighted by molar-refractivity contribution is -0.0212. The second kappa shape index (κ2) is 8.16. The van der Waals surface area contributed by atoms with Crippen molar-refractivity contribution in [2.75, 3.05) is 13.2 Å². The minimum absolute atomic E-state index is 0.0942. The number of ether oxygens (including phenoxy) is 2. The second-order valence-corrected chi connectivity index (χ2v) is 7.09. The molecule has 5 nitrogen and oxygen atoms in total. The van der Waals surface area contributed by atoms with Crippen LogP contribution in [0.15, 0.2) is 61.2 Å². The molecule has 2 aromatic carbocycles. The van der Waals surface area contributed by atoms with Crippen molar-refractivity contribution < 1.29 is 18.3 Å². The third kappa shape index (κ3) is 4.10. The summed E-state index contributed by atoms with van der Waals surface area (Å²) in [7, 11) is 0. The molecule has 2 atom stereocenters. The monoisotopic (exact) mass is 385 g/mol. The van der Waals surface area contributed by atoms with Gasteiger partial charge in [0.05, 0.1) is 26.4 Å². The lowest BCUT2D eigenvalue weighted by Gasteiger charge is -2.29. The van der Waals surface area contributed by atoms with Gasteiger partial charge >= 0.3 is 0 Å². The number of rotatable bonds is 7. The lowest BCUT2D eigenvalue weighted by atomic mass is 9.87. The van der Waals surface area contributed by atoms with E-state index in [-0.39, 0.29) is 5.92 Å². The summed E-state index contributed by atoms with van der Waals surface area (Å²) in [4.78, 5) is 3.95. The maximum atomic E-state index is 14.6. The molecule has 28 heavy (non-hydrogen) atoms. The normalized spacial score (nSPS) is 21.9. The second-order valence-electron chi connectivity index (χ2n) is 7.09. The van der Waals surface area contributed by atoms with Gasteiger partial charge in [-0.05, 0) is 18.1 Å². The van der Waals surface area contributed by atoms with E-state index in [0.717, 1.165) is 11.6 Å². The summed E-state index contributed by atoms with van der Waals surface area (Å²) in [5, 5.41) is 4.12. The van der Waals surface area contributed by atoms with Crippen LogP contribution in [-0.4, -0.2) is 28.0 Å². The highest BCUT2D eigenvalue weighted by atomic mass is 19.1. The molecule has 1 fully saturated rings. The zero-order valence-electron chi connectivity index (χ0n) is 15.3. The molecular formula is C21H21F2N3O2. The Balaban J connectivity index is 1.49. The van der Waals surface area contributed by atoms with Crippen molar-refractivity contribution in [3.05, 3.63) is 83.9 Å². The van der Waals surface area contributed by atoms with Crippen molar-refractivity contribution in [1.82, 2.24) is 14.8 Å². The molecule has 0 radical (unpaired) electrons. The predicted octanol–water partition coefficient (Wildman–Crippen LogP) is 3.71. The summed E-state index contributed by atoms with van der Waals surface area (Å²) in [6, 6.07) is 13.5. The van der Waals surface area contributed by atoms with Gasteiger partial charge in [0.1, 0.15) is 29.9 Å². The van der Waals surface area contributed by atoms with E-state index >= 15 is 0 Å². The third-order valence-electron chi connectivity index (χ3n) is 4.98. The Hall–Kier alpha value is -2.64. The van der Waals surface area contributed by atoms with Gasteiger partial charge < -0.3 is 9.47 Å². The maximum absolute atomic E-state index is 14.6. The summed E-state index contributed by atoms with van der Waals surface area (Å²) in [6.07, 6.45) is 3.53. The van der Waals surface area contributed by atoms with Crippen molar-refractivity contribution in [1.29, 1.82) is 0 Å². The molecule has 0 aliphatic carbocycles. The van der Waals surface area contributed by atoms with Crippen molar-refractivity contribution in [3.63, 3.8) is 0 Å². The third-order valence-corrected chi connectivity index (χ3v) is 4.98. The minimum Gasteiger partial charge on any atom is -0.376 e. The number of nitrogens with zero attached hydrogens (tertiary/aromatic N) is 3. The van der Waals surface area contributed by atoms with Gasteiger partial charge in [0.25, 0.3) is 0 Å². The van der Waals surface area contributed by atoms with Gasteiger partial charge in [-0.1, -0.05) is 36.4 Å². The van der Waals surface area contributed by atoms with Gasteiger partial charge in [-0.3, -0.25) is 0 Å². The Morgan fingerprint density at radius 3 is 2.79 bits per heavy atom. The molecule has 0 unspecified atom stereocenters. The summed E-state index contributed by atoms with van der Waals surface area (Å²) in [6.45, 7) is 1.74. The smallest absolute Gasteiger partial charge is 0.137 e. The number of benzene rings is 2. The zero-order valence-corrected chi connectivity index (χ0v) is 15.3. The van der Waals surface area contributed by atoms with Crippen molar-refractivity contribution in [3.8, 4) is 0 Å². The van der Waals surface area contributed by atoms with E-state index in [2.05, 4.69) is 10.1 Å². The lowest BCUT2D eigenvalue weighted by Crippen LogP contribution is -2.32. The molecule has 0 spiro atoms. The standard InChI is InChI=1S/C21H21F2N3O2/c22-18-6-7-19(20(23)8-18)21(13-26-15-24-14-25-26)9-17(12-28-21)11-27-10-16-4-2-1-3-5-16/h1-8,14-15,17H,9-13H2/t17-,21+/m0/s1. The summed E-state index contributed by atoms with van der Waals surface area (Å²) >= 11 is 0. The van der Waals surface area contributed by atoms with E-state index in [1.54, 1.807) is 11.0 Å². The van der Waals surface area contributed by atoms with Crippen LogP contribution in [0, 0.1) is 17.6 Å². The van der Waals surface area contributed by atoms with Gasteiger partial charge in [-0.15, -0.1) is 0 Å². The number of hydrogen-bond acceptors (Lipinski definition) is 4. The molecule has 3 aromatic rings. The fraction of sp³-hybridized carbons (Fsp3) is 0.333. The average molecular weight is 385 g/mol. The average Bonchev–Trinajstić information content (AvgIpc) is 3.34. The van der Waals surface area contributed by atoms with Crippen LogP contribution in [0.25, 0.3) is 0 Å². The zero-order chi connectivity index (χ0) is 19.4. The van der Waals surface area contributed by atoms with E-state index in [1.165, 1.54) is 18.5 Å². The molecule has 4 rings (SSSR count). The summed E-state index contributed by atoms with van der Waals surface area (Å²) < 4.78 is 41.6. The van der Waals surface area contributed by atoms with Crippen molar-refractivity contribution in [2.24, 2.45) is 5.92 Å². The molecule has 0 saturated carbocycles.